The number of aliphatic hydroxyl groups excluding tert-OH is 1. The Kier molecular flexibility index (Phi) is 1.02. The largest absolute Gasteiger partial charge is 0.503 e. The van der Waals surface area contributed by atoms with Gasteiger partial charge in [-0.1, -0.05) is 0 Å². The van der Waals surface area contributed by atoms with Crippen molar-refractivity contribution in [1.29, 1.82) is 0 Å². The van der Waals surface area contributed by atoms with Gasteiger partial charge in [0, 0.05) is 0 Å². The topological polar surface area (TPSA) is 66.4 Å². The van der Waals surface area contributed by atoms with E-state index in [1.807, 2.05) is 5.32 Å². The number of nitrogens with one attached hydrogen (secondary N) is 1. The van der Waals surface area contributed by atoms with Crippen LogP contribution in [-0.2, 0) is 9.59 Å². The third kappa shape index (κ3) is 0.679. The van der Waals surface area contributed by atoms with Crippen molar-refractivity contribution in [2.24, 2.45) is 0 Å². The molecule has 2 N–H and O–H groups in total. The molecule has 48 valence electrons. The molecule has 0 fully saturated rings. The molecule has 0 bridgehead atoms. The highest BCUT2D eigenvalue weighted by Gasteiger charge is 2.25. The van der Waals surface area contributed by atoms with Gasteiger partial charge in [0.15, 0.2) is 5.76 Å². The van der Waals surface area contributed by atoms with Gasteiger partial charge in [0.1, 0.15) is 0 Å². The van der Waals surface area contributed by atoms with Crippen molar-refractivity contribution in [2.45, 2.75) is 6.92 Å². The molecule has 0 aliphatic carbocycles. The second kappa shape index (κ2) is 1.58. The fourth-order valence-corrected chi connectivity index (χ4v) is 0.534. The molecule has 4 heteroatoms. The van der Waals surface area contributed by atoms with Gasteiger partial charge in [0.2, 0.25) is 0 Å². The monoisotopic (exact) mass is 127 g/mol. The van der Waals surface area contributed by atoms with Crippen LogP contribution in [0.2, 0.25) is 0 Å². The van der Waals surface area contributed by atoms with Gasteiger partial charge in [-0.05, 0) is 6.92 Å². The summed E-state index contributed by atoms with van der Waals surface area (Å²) in [4.78, 5) is 20.8. The highest BCUT2D eigenvalue weighted by molar-refractivity contribution is 6.17. The number of carbonyl (C=O) groups excluding carboxylic acids is 2. The number of hydrogen-bond donors (Lipinski definition) is 2. The van der Waals surface area contributed by atoms with Crippen molar-refractivity contribution in [3.05, 3.63) is 11.3 Å². The van der Waals surface area contributed by atoms with Gasteiger partial charge in [-0.3, -0.25) is 14.9 Å². The summed E-state index contributed by atoms with van der Waals surface area (Å²) in [6, 6.07) is 0. The van der Waals surface area contributed by atoms with Gasteiger partial charge < -0.3 is 5.11 Å². The first-order valence-electron chi connectivity index (χ1n) is 2.38. The fourth-order valence-electron chi connectivity index (χ4n) is 0.534. The summed E-state index contributed by atoms with van der Waals surface area (Å²) in [6.45, 7) is 1.38. The third-order valence-electron chi connectivity index (χ3n) is 1.14. The normalized spacial score (nSPS) is 18.8. The Balaban J connectivity index is 3.06. The van der Waals surface area contributed by atoms with E-state index in [4.69, 9.17) is 5.11 Å². The quantitative estimate of drug-likeness (QED) is 0.430. The average Bonchev–Trinajstić information content (AvgIpc) is 1.98. The molecule has 0 spiro atoms. The lowest BCUT2D eigenvalue weighted by atomic mass is 10.3. The molecule has 0 aromatic rings. The SMILES string of the molecule is CC1=C(O)C(=O)NC1=O. The number of amides is 2. The number of imide groups is 1. The molecule has 1 rings (SSSR count). The van der Waals surface area contributed by atoms with Crippen LogP contribution >= 0.6 is 0 Å². The zero-order chi connectivity index (χ0) is 7.02. The van der Waals surface area contributed by atoms with Crippen LogP contribution in [0.4, 0.5) is 0 Å². The third-order valence-corrected chi connectivity index (χ3v) is 1.14. The van der Waals surface area contributed by atoms with E-state index < -0.39 is 17.6 Å². The summed E-state index contributed by atoms with van der Waals surface area (Å²) < 4.78 is 0. The van der Waals surface area contributed by atoms with E-state index in [1.54, 1.807) is 0 Å². The predicted molar refractivity (Wildman–Crippen MR) is 28.5 cm³/mol. The van der Waals surface area contributed by atoms with Crippen molar-refractivity contribution in [3.8, 4) is 0 Å². The first-order valence-corrected chi connectivity index (χ1v) is 2.38. The summed E-state index contributed by atoms with van der Waals surface area (Å²) in [6.07, 6.45) is 0. The van der Waals surface area contributed by atoms with Crippen molar-refractivity contribution < 1.29 is 14.7 Å². The van der Waals surface area contributed by atoms with Crippen LogP contribution in [0, 0.1) is 0 Å². The first kappa shape index (κ1) is 5.81. The zero-order valence-electron chi connectivity index (χ0n) is 4.76. The maximum atomic E-state index is 10.4. The lowest BCUT2D eigenvalue weighted by Gasteiger charge is -1.83. The van der Waals surface area contributed by atoms with E-state index in [-0.39, 0.29) is 5.57 Å². The van der Waals surface area contributed by atoms with E-state index in [9.17, 15) is 9.59 Å². The Hall–Kier alpha value is -1.32. The molecule has 0 unspecified atom stereocenters. The molecule has 4 nitrogen and oxygen atoms in total. The number of aliphatic hydroxyl groups is 1. The molecule has 0 radical (unpaired) electrons. The lowest BCUT2D eigenvalue weighted by molar-refractivity contribution is -0.125. The summed E-state index contributed by atoms with van der Waals surface area (Å²) in [5.74, 6) is -1.70. The minimum absolute atomic E-state index is 0.0833. The Bertz CT molecular complexity index is 194. The van der Waals surface area contributed by atoms with Crippen molar-refractivity contribution >= 4 is 11.8 Å². The second-order valence-corrected chi connectivity index (χ2v) is 1.76. The molecule has 1 heterocycles. The van der Waals surface area contributed by atoms with Gasteiger partial charge in [0.25, 0.3) is 11.8 Å². The Morgan fingerprint density at radius 1 is 1.33 bits per heavy atom. The summed E-state index contributed by atoms with van der Waals surface area (Å²) >= 11 is 0. The van der Waals surface area contributed by atoms with E-state index in [0.29, 0.717) is 0 Å². The molecule has 0 aromatic carbocycles. The van der Waals surface area contributed by atoms with E-state index in [2.05, 4.69) is 0 Å². The van der Waals surface area contributed by atoms with Gasteiger partial charge in [0.05, 0.1) is 5.57 Å². The molecule has 9 heavy (non-hydrogen) atoms. The molecular formula is C5H5NO3. The van der Waals surface area contributed by atoms with Gasteiger partial charge in [-0.2, -0.15) is 0 Å². The number of hydrogen-bond acceptors (Lipinski definition) is 3. The molecule has 1 aliphatic heterocycles. The van der Waals surface area contributed by atoms with Crippen LogP contribution in [-0.4, -0.2) is 16.9 Å². The Morgan fingerprint density at radius 2 is 1.89 bits per heavy atom. The van der Waals surface area contributed by atoms with Gasteiger partial charge in [-0.25, -0.2) is 0 Å². The Labute approximate surface area is 51.2 Å². The number of carbonyl (C=O) groups is 2. The fraction of sp³-hybridized carbons (Fsp3) is 0.200. The van der Waals surface area contributed by atoms with Crippen molar-refractivity contribution in [1.82, 2.24) is 5.32 Å². The van der Waals surface area contributed by atoms with E-state index in [0.717, 1.165) is 0 Å². The van der Waals surface area contributed by atoms with Crippen LogP contribution in [0.15, 0.2) is 11.3 Å². The van der Waals surface area contributed by atoms with Crippen LogP contribution in [0.5, 0.6) is 0 Å². The molecule has 0 saturated heterocycles. The number of rotatable bonds is 0. The minimum Gasteiger partial charge on any atom is -0.503 e. The highest BCUT2D eigenvalue weighted by Crippen LogP contribution is 2.06. The maximum absolute atomic E-state index is 10.4. The minimum atomic E-state index is -0.711. The van der Waals surface area contributed by atoms with Crippen molar-refractivity contribution in [3.63, 3.8) is 0 Å². The predicted octanol–water partition coefficient (Wildman–Crippen LogP) is -0.525. The zero-order valence-corrected chi connectivity index (χ0v) is 4.76. The standard InChI is InChI=1S/C5H5NO3/c1-2-3(7)5(9)6-4(2)8/h1H3,(H2,6,7,8,9). The average molecular weight is 127 g/mol. The molecular weight excluding hydrogens is 122 g/mol. The van der Waals surface area contributed by atoms with Crippen LogP contribution < -0.4 is 5.32 Å². The molecule has 0 atom stereocenters. The van der Waals surface area contributed by atoms with Gasteiger partial charge >= 0.3 is 0 Å². The maximum Gasteiger partial charge on any atom is 0.293 e. The molecule has 2 amide bonds. The van der Waals surface area contributed by atoms with E-state index in [1.165, 1.54) is 6.92 Å². The Morgan fingerprint density at radius 3 is 2.00 bits per heavy atom. The van der Waals surface area contributed by atoms with Gasteiger partial charge in [-0.15, -0.1) is 0 Å². The second-order valence-electron chi connectivity index (χ2n) is 1.76. The smallest absolute Gasteiger partial charge is 0.293 e. The van der Waals surface area contributed by atoms with Crippen molar-refractivity contribution in [2.75, 3.05) is 0 Å². The summed E-state index contributed by atoms with van der Waals surface area (Å²) in [5, 5.41) is 10.6. The summed E-state index contributed by atoms with van der Waals surface area (Å²) in [5.41, 5.74) is 0.0833. The highest BCUT2D eigenvalue weighted by atomic mass is 16.3. The van der Waals surface area contributed by atoms with E-state index >= 15 is 0 Å². The molecule has 0 aromatic heterocycles. The summed E-state index contributed by atoms with van der Waals surface area (Å²) in [7, 11) is 0. The molecule has 0 saturated carbocycles. The van der Waals surface area contributed by atoms with Crippen LogP contribution in [0.1, 0.15) is 6.92 Å². The molecule has 1 aliphatic rings. The lowest BCUT2D eigenvalue weighted by Crippen LogP contribution is -2.22. The first-order chi connectivity index (χ1) is 4.13. The van der Waals surface area contributed by atoms with Crippen LogP contribution in [0.25, 0.3) is 0 Å². The van der Waals surface area contributed by atoms with Crippen LogP contribution in [0.3, 0.4) is 0 Å².